The lowest BCUT2D eigenvalue weighted by molar-refractivity contribution is -0.385. The Morgan fingerprint density at radius 1 is 1.15 bits per heavy atom. The van der Waals surface area contributed by atoms with E-state index < -0.39 is 23.4 Å². The molecule has 0 aliphatic rings. The van der Waals surface area contributed by atoms with Crippen LogP contribution in [0.1, 0.15) is 45.6 Å². The normalized spacial score (nSPS) is 11.6. The number of nitro benzene ring substituents is 1. The molecule has 1 atom stereocenters. The number of hydrogen-bond donors (Lipinski definition) is 1. The fourth-order valence-corrected chi connectivity index (χ4v) is 2.65. The smallest absolute Gasteiger partial charge is 0.339 e. The Labute approximate surface area is 157 Å². The molecular formula is C20H22N2O5. The van der Waals surface area contributed by atoms with Gasteiger partial charge in [-0.25, -0.2) is 4.79 Å². The van der Waals surface area contributed by atoms with E-state index in [1.807, 2.05) is 39.0 Å². The summed E-state index contributed by atoms with van der Waals surface area (Å²) in [6, 6.07) is 9.83. The number of nitro groups is 1. The van der Waals surface area contributed by atoms with Gasteiger partial charge in [0.25, 0.3) is 11.6 Å². The average Bonchev–Trinajstić information content (AvgIpc) is 2.61. The summed E-state index contributed by atoms with van der Waals surface area (Å²) < 4.78 is 5.01. The van der Waals surface area contributed by atoms with E-state index in [9.17, 15) is 19.7 Å². The molecule has 0 bridgehead atoms. The quantitative estimate of drug-likeness (QED) is 0.476. The van der Waals surface area contributed by atoms with Crippen molar-refractivity contribution in [2.45, 2.75) is 33.7 Å². The molecule has 2 aromatic carbocycles. The Balaban J connectivity index is 1.97. The van der Waals surface area contributed by atoms with E-state index in [1.54, 1.807) is 0 Å². The Kier molecular flexibility index (Phi) is 6.28. The molecule has 0 radical (unpaired) electrons. The van der Waals surface area contributed by atoms with Gasteiger partial charge in [0.2, 0.25) is 0 Å². The monoisotopic (exact) mass is 370 g/mol. The van der Waals surface area contributed by atoms with E-state index in [1.165, 1.54) is 30.7 Å². The molecule has 0 spiro atoms. The van der Waals surface area contributed by atoms with Crippen molar-refractivity contribution in [2.24, 2.45) is 0 Å². The molecule has 27 heavy (non-hydrogen) atoms. The fourth-order valence-electron chi connectivity index (χ4n) is 2.65. The SMILES string of the molecule is Cc1ccc([C@@H](C)NC(=O)COC(=O)c2cccc([N+](=O)[O-])c2C)cc1C. The third-order valence-corrected chi connectivity index (χ3v) is 4.46. The lowest BCUT2D eigenvalue weighted by atomic mass is 10.0. The minimum atomic E-state index is -0.773. The summed E-state index contributed by atoms with van der Waals surface area (Å²) in [4.78, 5) is 34.6. The molecule has 7 heteroatoms. The predicted octanol–water partition coefficient (Wildman–Crippen LogP) is 3.55. The Morgan fingerprint density at radius 2 is 1.85 bits per heavy atom. The highest BCUT2D eigenvalue weighted by Crippen LogP contribution is 2.21. The van der Waals surface area contributed by atoms with Gasteiger partial charge in [-0.1, -0.05) is 24.3 Å². The minimum Gasteiger partial charge on any atom is -0.452 e. The average molecular weight is 370 g/mol. The van der Waals surface area contributed by atoms with Gasteiger partial charge in [0.05, 0.1) is 16.5 Å². The number of benzene rings is 2. The second-order valence-electron chi connectivity index (χ2n) is 6.42. The standard InChI is InChI=1S/C20H22N2O5/c1-12-8-9-16(10-13(12)2)15(4)21-19(23)11-27-20(24)17-6-5-7-18(14(17)3)22(25)26/h5-10,15H,11H2,1-4H3,(H,21,23)/t15-/m1/s1. The van der Waals surface area contributed by atoms with Crippen molar-refractivity contribution >= 4 is 17.6 Å². The number of carbonyl (C=O) groups is 2. The molecule has 1 amide bonds. The lowest BCUT2D eigenvalue weighted by Crippen LogP contribution is -2.31. The van der Waals surface area contributed by atoms with Gasteiger partial charge in [-0.3, -0.25) is 14.9 Å². The Morgan fingerprint density at radius 3 is 2.48 bits per heavy atom. The van der Waals surface area contributed by atoms with Crippen LogP contribution >= 0.6 is 0 Å². The molecule has 0 aliphatic carbocycles. The van der Waals surface area contributed by atoms with Gasteiger partial charge >= 0.3 is 5.97 Å². The van der Waals surface area contributed by atoms with Crippen LogP contribution in [0.5, 0.6) is 0 Å². The van der Waals surface area contributed by atoms with Crippen molar-refractivity contribution in [2.75, 3.05) is 6.61 Å². The van der Waals surface area contributed by atoms with Gasteiger partial charge in [0.1, 0.15) is 0 Å². The maximum Gasteiger partial charge on any atom is 0.339 e. The first-order chi connectivity index (χ1) is 12.7. The van der Waals surface area contributed by atoms with Crippen LogP contribution in [0.3, 0.4) is 0 Å². The number of hydrogen-bond acceptors (Lipinski definition) is 5. The van der Waals surface area contributed by atoms with Crippen molar-refractivity contribution < 1.29 is 19.2 Å². The highest BCUT2D eigenvalue weighted by molar-refractivity contribution is 5.93. The number of aryl methyl sites for hydroxylation is 2. The molecule has 0 unspecified atom stereocenters. The molecule has 2 aromatic rings. The summed E-state index contributed by atoms with van der Waals surface area (Å²) in [5.74, 6) is -1.22. The van der Waals surface area contributed by atoms with Gasteiger partial charge in [0.15, 0.2) is 6.61 Å². The van der Waals surface area contributed by atoms with Gasteiger partial charge in [-0.05, 0) is 50.5 Å². The number of rotatable bonds is 6. The molecule has 0 heterocycles. The zero-order chi connectivity index (χ0) is 20.1. The maximum atomic E-state index is 12.2. The second kappa shape index (κ2) is 8.44. The van der Waals surface area contributed by atoms with E-state index in [0.717, 1.165) is 11.1 Å². The Bertz CT molecular complexity index is 892. The van der Waals surface area contributed by atoms with Crippen molar-refractivity contribution in [1.82, 2.24) is 5.32 Å². The second-order valence-corrected chi connectivity index (χ2v) is 6.42. The summed E-state index contributed by atoms with van der Waals surface area (Å²) in [5, 5.41) is 13.7. The van der Waals surface area contributed by atoms with Crippen molar-refractivity contribution in [3.05, 3.63) is 74.3 Å². The minimum absolute atomic E-state index is 0.0687. The van der Waals surface area contributed by atoms with Crippen molar-refractivity contribution in [3.8, 4) is 0 Å². The summed E-state index contributed by atoms with van der Waals surface area (Å²) in [5.41, 5.74) is 3.35. The third kappa shape index (κ3) is 4.91. The van der Waals surface area contributed by atoms with Crippen LogP contribution in [-0.4, -0.2) is 23.4 Å². The molecule has 0 fully saturated rings. The van der Waals surface area contributed by atoms with Gasteiger partial charge < -0.3 is 10.1 Å². The Hall–Kier alpha value is -3.22. The molecule has 0 saturated carbocycles. The van der Waals surface area contributed by atoms with Crippen LogP contribution in [0.15, 0.2) is 36.4 Å². The van der Waals surface area contributed by atoms with Crippen LogP contribution in [-0.2, 0) is 9.53 Å². The highest BCUT2D eigenvalue weighted by atomic mass is 16.6. The van der Waals surface area contributed by atoms with Crippen LogP contribution in [0.25, 0.3) is 0 Å². The highest BCUT2D eigenvalue weighted by Gasteiger charge is 2.20. The van der Waals surface area contributed by atoms with E-state index in [2.05, 4.69) is 5.32 Å². The molecular weight excluding hydrogens is 348 g/mol. The first-order valence-corrected chi connectivity index (χ1v) is 8.48. The van der Waals surface area contributed by atoms with E-state index in [4.69, 9.17) is 4.74 Å². The topological polar surface area (TPSA) is 98.5 Å². The van der Waals surface area contributed by atoms with Crippen LogP contribution in [0.4, 0.5) is 5.69 Å². The first kappa shape index (κ1) is 20.1. The summed E-state index contributed by atoms with van der Waals surface area (Å²) >= 11 is 0. The van der Waals surface area contributed by atoms with Gasteiger partial charge in [0, 0.05) is 11.6 Å². The van der Waals surface area contributed by atoms with Crippen LogP contribution in [0, 0.1) is 30.9 Å². The van der Waals surface area contributed by atoms with Crippen LogP contribution in [0.2, 0.25) is 0 Å². The van der Waals surface area contributed by atoms with E-state index in [-0.39, 0.29) is 22.9 Å². The number of nitrogens with zero attached hydrogens (tertiary/aromatic N) is 1. The summed E-state index contributed by atoms with van der Waals surface area (Å²) in [6.45, 7) is 6.86. The lowest BCUT2D eigenvalue weighted by Gasteiger charge is -2.16. The van der Waals surface area contributed by atoms with Crippen LogP contribution < -0.4 is 5.32 Å². The molecule has 0 aliphatic heterocycles. The van der Waals surface area contributed by atoms with Gasteiger partial charge in [-0.2, -0.15) is 0 Å². The zero-order valence-corrected chi connectivity index (χ0v) is 15.7. The third-order valence-electron chi connectivity index (χ3n) is 4.46. The van der Waals surface area contributed by atoms with E-state index >= 15 is 0 Å². The zero-order valence-electron chi connectivity index (χ0n) is 15.7. The molecule has 0 saturated heterocycles. The van der Waals surface area contributed by atoms with Gasteiger partial charge in [-0.15, -0.1) is 0 Å². The summed E-state index contributed by atoms with van der Waals surface area (Å²) in [6.07, 6.45) is 0. The largest absolute Gasteiger partial charge is 0.452 e. The molecule has 0 aromatic heterocycles. The number of esters is 1. The molecule has 142 valence electrons. The maximum absolute atomic E-state index is 12.2. The molecule has 1 N–H and O–H groups in total. The first-order valence-electron chi connectivity index (χ1n) is 8.48. The van der Waals surface area contributed by atoms with Crippen molar-refractivity contribution in [3.63, 3.8) is 0 Å². The number of carbonyl (C=O) groups excluding carboxylic acids is 2. The number of amides is 1. The van der Waals surface area contributed by atoms with Crippen molar-refractivity contribution in [1.29, 1.82) is 0 Å². The summed E-state index contributed by atoms with van der Waals surface area (Å²) in [7, 11) is 0. The predicted molar refractivity (Wildman–Crippen MR) is 101 cm³/mol. The number of ether oxygens (including phenoxy) is 1. The van der Waals surface area contributed by atoms with E-state index in [0.29, 0.717) is 0 Å². The molecule has 2 rings (SSSR count). The fraction of sp³-hybridized carbons (Fsp3) is 0.300. The number of nitrogens with one attached hydrogen (secondary N) is 1. The molecule has 7 nitrogen and oxygen atoms in total.